The number of likely N-dealkylation sites (tertiary alicyclic amines) is 1. The normalized spacial score (nSPS) is 31.2. The minimum Gasteiger partial charge on any atom is -0.466 e. The Bertz CT molecular complexity index is 813. The van der Waals surface area contributed by atoms with Crippen LogP contribution in [-0.4, -0.2) is 71.1 Å². The predicted molar refractivity (Wildman–Crippen MR) is 99.2 cm³/mol. The van der Waals surface area contributed by atoms with Crippen LogP contribution in [0.1, 0.15) is 25.3 Å². The van der Waals surface area contributed by atoms with E-state index in [-0.39, 0.29) is 12.6 Å². The fourth-order valence-corrected chi connectivity index (χ4v) is 4.25. The first-order chi connectivity index (χ1) is 15.1. The van der Waals surface area contributed by atoms with E-state index in [1.165, 1.54) is 32.0 Å². The zero-order valence-electron chi connectivity index (χ0n) is 17.8. The van der Waals surface area contributed by atoms with Gasteiger partial charge in [0.15, 0.2) is 0 Å². The maximum atomic E-state index is 14.2. The Morgan fingerprint density at radius 2 is 1.24 bits per heavy atom. The monoisotopic (exact) mass is 487 g/mol. The lowest BCUT2D eigenvalue weighted by Crippen LogP contribution is -2.81. The molecule has 0 radical (unpaired) electrons. The predicted octanol–water partition coefficient (Wildman–Crippen LogP) is 2.58. The Morgan fingerprint density at radius 1 is 0.879 bits per heavy atom. The van der Waals surface area contributed by atoms with Crippen molar-refractivity contribution in [2.24, 2.45) is 11.8 Å². The van der Waals surface area contributed by atoms with Crippen molar-refractivity contribution < 1.29 is 55.6 Å². The van der Waals surface area contributed by atoms with Gasteiger partial charge >= 0.3 is 24.3 Å². The molecule has 1 aromatic carbocycles. The lowest BCUT2D eigenvalue weighted by atomic mass is 9.63. The first-order valence-corrected chi connectivity index (χ1v) is 9.80. The highest BCUT2D eigenvalue weighted by Crippen LogP contribution is 2.60. The maximum absolute atomic E-state index is 14.2. The molecule has 0 aromatic heterocycles. The molecule has 2 N–H and O–H groups in total. The number of hydrogen-bond acceptors (Lipinski definition) is 7. The molecule has 1 saturated heterocycles. The highest BCUT2D eigenvalue weighted by molar-refractivity contribution is 5.81. The molecule has 4 unspecified atom stereocenters. The number of ether oxygens (including phenoxy) is 2. The van der Waals surface area contributed by atoms with E-state index in [0.717, 1.165) is 12.1 Å². The molecule has 1 fully saturated rings. The summed E-state index contributed by atoms with van der Waals surface area (Å²) in [6.45, 7) is 1.54. The van der Waals surface area contributed by atoms with Gasteiger partial charge < -0.3 is 19.7 Å². The minimum atomic E-state index is -5.90. The maximum Gasteiger partial charge on any atom is 0.432 e. The van der Waals surface area contributed by atoms with Crippen molar-refractivity contribution in [2.45, 2.75) is 43.6 Å². The number of nitrogens with zero attached hydrogens (tertiary/aromatic N) is 1. The fraction of sp³-hybridized carbons (Fsp3) is 0.600. The molecule has 1 heterocycles. The number of benzene rings is 1. The number of aliphatic hydroxyl groups is 2. The van der Waals surface area contributed by atoms with Gasteiger partial charge in [0.05, 0.1) is 13.2 Å². The van der Waals surface area contributed by atoms with Crippen molar-refractivity contribution in [2.75, 3.05) is 20.3 Å². The third-order valence-electron chi connectivity index (χ3n) is 5.71. The summed E-state index contributed by atoms with van der Waals surface area (Å²) in [6, 6.07) is 6.03. The van der Waals surface area contributed by atoms with E-state index in [4.69, 9.17) is 0 Å². The van der Waals surface area contributed by atoms with Crippen LogP contribution in [0.25, 0.3) is 0 Å². The van der Waals surface area contributed by atoms with Crippen LogP contribution >= 0.6 is 0 Å². The second kappa shape index (κ2) is 9.11. The van der Waals surface area contributed by atoms with Crippen LogP contribution < -0.4 is 0 Å². The van der Waals surface area contributed by atoms with Crippen molar-refractivity contribution >= 4 is 11.9 Å². The van der Waals surface area contributed by atoms with E-state index in [9.17, 15) is 46.1 Å². The summed E-state index contributed by atoms with van der Waals surface area (Å²) in [4.78, 5) is 24.7. The average Bonchev–Trinajstić information content (AvgIpc) is 2.70. The summed E-state index contributed by atoms with van der Waals surface area (Å²) in [6.07, 6.45) is -11.8. The number of esters is 2. The van der Waals surface area contributed by atoms with Crippen molar-refractivity contribution in [1.82, 2.24) is 4.90 Å². The molecule has 0 saturated carbocycles. The van der Waals surface area contributed by atoms with Crippen molar-refractivity contribution in [3.63, 3.8) is 0 Å². The van der Waals surface area contributed by atoms with Gasteiger partial charge in [-0.05, 0) is 26.5 Å². The molecule has 186 valence electrons. The Morgan fingerprint density at radius 3 is 1.55 bits per heavy atom. The smallest absolute Gasteiger partial charge is 0.432 e. The summed E-state index contributed by atoms with van der Waals surface area (Å²) in [5.41, 5.74) is -9.51. The molecule has 1 aliphatic heterocycles. The van der Waals surface area contributed by atoms with E-state index in [1.807, 2.05) is 0 Å². The Kier molecular flexibility index (Phi) is 7.41. The summed E-state index contributed by atoms with van der Waals surface area (Å²) in [5.74, 6) is -11.3. The van der Waals surface area contributed by atoms with Crippen LogP contribution in [-0.2, 0) is 19.1 Å². The number of carbonyl (C=O) groups is 2. The lowest BCUT2D eigenvalue weighted by Gasteiger charge is -2.58. The standard InChI is InChI=1S/C20H23F6NO6/c1-4-32-15(28)13-12(11-9-7-6-8-10-11)14(16(29)33-5-2)18(31,20(24,25)26)27(3)17(13,30)19(21,22)23/h6-10,12-14,30-31H,4-5H2,1-3H3. The van der Waals surface area contributed by atoms with Gasteiger partial charge in [-0.25, -0.2) is 4.90 Å². The number of rotatable bonds is 5. The third kappa shape index (κ3) is 4.17. The molecule has 33 heavy (non-hydrogen) atoms. The number of halogens is 6. The van der Waals surface area contributed by atoms with Gasteiger partial charge in [-0.15, -0.1) is 0 Å². The van der Waals surface area contributed by atoms with Gasteiger partial charge in [-0.3, -0.25) is 9.59 Å². The molecule has 4 atom stereocenters. The second-order valence-corrected chi connectivity index (χ2v) is 7.40. The molecule has 1 aliphatic rings. The molecule has 0 bridgehead atoms. The van der Waals surface area contributed by atoms with E-state index in [0.29, 0.717) is 0 Å². The molecule has 2 rings (SSSR count). The summed E-state index contributed by atoms with van der Waals surface area (Å²) in [5, 5.41) is 21.6. The van der Waals surface area contributed by atoms with Crippen LogP contribution in [0.4, 0.5) is 26.3 Å². The van der Waals surface area contributed by atoms with Crippen molar-refractivity contribution in [3.8, 4) is 0 Å². The van der Waals surface area contributed by atoms with Gasteiger partial charge in [0, 0.05) is 5.92 Å². The van der Waals surface area contributed by atoms with Gasteiger partial charge in [-0.1, -0.05) is 30.3 Å². The highest BCUT2D eigenvalue weighted by Gasteiger charge is 2.81. The zero-order chi connectivity index (χ0) is 25.4. The average molecular weight is 487 g/mol. The van der Waals surface area contributed by atoms with Crippen molar-refractivity contribution in [1.29, 1.82) is 0 Å². The van der Waals surface area contributed by atoms with Crippen LogP contribution in [0, 0.1) is 11.8 Å². The second-order valence-electron chi connectivity index (χ2n) is 7.40. The first-order valence-electron chi connectivity index (χ1n) is 9.80. The number of alkyl halides is 6. The fourth-order valence-electron chi connectivity index (χ4n) is 4.25. The van der Waals surface area contributed by atoms with E-state index in [1.54, 1.807) is 0 Å². The van der Waals surface area contributed by atoms with E-state index in [2.05, 4.69) is 9.47 Å². The highest BCUT2D eigenvalue weighted by atomic mass is 19.4. The van der Waals surface area contributed by atoms with Gasteiger partial charge in [0.1, 0.15) is 11.8 Å². The Hall–Kier alpha value is -2.38. The topological polar surface area (TPSA) is 96.3 Å². The molecule has 13 heteroatoms. The minimum absolute atomic E-state index is 0.126. The third-order valence-corrected chi connectivity index (χ3v) is 5.71. The van der Waals surface area contributed by atoms with Crippen molar-refractivity contribution in [3.05, 3.63) is 35.9 Å². The molecular formula is C20H23F6NO6. The molecular weight excluding hydrogens is 464 g/mol. The molecule has 0 aliphatic carbocycles. The molecule has 1 aromatic rings. The van der Waals surface area contributed by atoms with E-state index < -0.39 is 71.6 Å². The number of carbonyl (C=O) groups excluding carboxylic acids is 2. The zero-order valence-corrected chi connectivity index (χ0v) is 17.8. The quantitative estimate of drug-likeness (QED) is 0.487. The molecule has 7 nitrogen and oxygen atoms in total. The van der Waals surface area contributed by atoms with Crippen LogP contribution in [0.15, 0.2) is 30.3 Å². The number of hydrogen-bond donors (Lipinski definition) is 2. The van der Waals surface area contributed by atoms with Crippen LogP contribution in [0.3, 0.4) is 0 Å². The lowest BCUT2D eigenvalue weighted by molar-refractivity contribution is -0.436. The Balaban J connectivity index is 3.02. The Labute approximate surface area is 184 Å². The first kappa shape index (κ1) is 26.9. The summed E-state index contributed by atoms with van der Waals surface area (Å²) >= 11 is 0. The van der Waals surface area contributed by atoms with Gasteiger partial charge in [0.2, 0.25) is 11.4 Å². The number of piperidine rings is 1. The molecule has 0 amide bonds. The SMILES string of the molecule is CCOC(=O)C1C(c2ccccc2)C(C(=O)OCC)C(O)(C(F)(F)F)N(C)C1(O)C(F)(F)F. The van der Waals surface area contributed by atoms with Gasteiger partial charge in [0.25, 0.3) is 0 Å². The largest absolute Gasteiger partial charge is 0.466 e. The summed E-state index contributed by atoms with van der Waals surface area (Å²) < 4.78 is 94.7. The van der Waals surface area contributed by atoms with E-state index >= 15 is 0 Å². The molecule has 0 spiro atoms. The van der Waals surface area contributed by atoms with Crippen LogP contribution in [0.5, 0.6) is 0 Å². The summed E-state index contributed by atoms with van der Waals surface area (Å²) in [7, 11) is 0.126. The van der Waals surface area contributed by atoms with Crippen LogP contribution in [0.2, 0.25) is 0 Å². The van der Waals surface area contributed by atoms with Gasteiger partial charge in [-0.2, -0.15) is 26.3 Å².